The minimum absolute atomic E-state index is 0.212. The van der Waals surface area contributed by atoms with Crippen LogP contribution in [0.25, 0.3) is 10.4 Å². The van der Waals surface area contributed by atoms with Gasteiger partial charge in [-0.2, -0.15) is 0 Å². The number of benzene rings is 1. The first-order valence-corrected chi connectivity index (χ1v) is 4.65. The first kappa shape index (κ1) is 9.45. The van der Waals surface area contributed by atoms with E-state index in [-0.39, 0.29) is 6.54 Å². The highest BCUT2D eigenvalue weighted by atomic mass is 16.5. The Balaban J connectivity index is 2.15. The Bertz CT molecular complexity index is 478. The molecule has 74 valence electrons. The molecule has 4 heteroatoms. The van der Waals surface area contributed by atoms with Crippen molar-refractivity contribution >= 4 is 0 Å². The zero-order chi connectivity index (χ0) is 10.5. The van der Waals surface area contributed by atoms with Crippen molar-refractivity contribution < 1.29 is 4.74 Å². The van der Waals surface area contributed by atoms with Crippen LogP contribution in [-0.2, 0) is 6.42 Å². The van der Waals surface area contributed by atoms with Gasteiger partial charge in [0, 0.05) is 16.9 Å². The molecule has 0 unspecified atom stereocenters. The van der Waals surface area contributed by atoms with E-state index in [1.807, 2.05) is 18.2 Å². The highest BCUT2D eigenvalue weighted by molar-refractivity contribution is 5.45. The lowest BCUT2D eigenvalue weighted by atomic mass is 10.1. The van der Waals surface area contributed by atoms with Gasteiger partial charge < -0.3 is 4.74 Å². The SMILES string of the molecule is [N-]=[N+]=NCC#Cc1ccc2c(c1)CCO2. The summed E-state index contributed by atoms with van der Waals surface area (Å²) in [5.41, 5.74) is 10.2. The predicted octanol–water partition coefficient (Wildman–Crippen LogP) is 2.28. The van der Waals surface area contributed by atoms with Crippen LogP contribution >= 0.6 is 0 Å². The molecule has 0 spiro atoms. The van der Waals surface area contributed by atoms with E-state index in [9.17, 15) is 0 Å². The first-order chi connectivity index (χ1) is 7.40. The highest BCUT2D eigenvalue weighted by Crippen LogP contribution is 2.25. The molecule has 1 aliphatic heterocycles. The molecule has 0 fully saturated rings. The van der Waals surface area contributed by atoms with Crippen molar-refractivity contribution in [3.63, 3.8) is 0 Å². The maximum absolute atomic E-state index is 8.06. The van der Waals surface area contributed by atoms with Crippen LogP contribution in [0.5, 0.6) is 5.75 Å². The van der Waals surface area contributed by atoms with E-state index in [1.165, 1.54) is 5.56 Å². The number of ether oxygens (including phenoxy) is 1. The monoisotopic (exact) mass is 199 g/mol. The lowest BCUT2D eigenvalue weighted by molar-refractivity contribution is 0.357. The van der Waals surface area contributed by atoms with Crippen LogP contribution in [0.2, 0.25) is 0 Å². The van der Waals surface area contributed by atoms with Crippen LogP contribution in [0.4, 0.5) is 0 Å². The number of fused-ring (bicyclic) bond motifs is 1. The van der Waals surface area contributed by atoms with Crippen LogP contribution in [0.3, 0.4) is 0 Å². The summed E-state index contributed by atoms with van der Waals surface area (Å²) in [7, 11) is 0. The molecule has 0 bridgehead atoms. The van der Waals surface area contributed by atoms with Crippen LogP contribution in [-0.4, -0.2) is 13.2 Å². The van der Waals surface area contributed by atoms with Gasteiger partial charge in [-0.25, -0.2) is 0 Å². The van der Waals surface area contributed by atoms with E-state index in [0.29, 0.717) is 0 Å². The topological polar surface area (TPSA) is 58.0 Å². The van der Waals surface area contributed by atoms with E-state index in [4.69, 9.17) is 10.3 Å². The Morgan fingerprint density at radius 3 is 3.33 bits per heavy atom. The Labute approximate surface area is 87.5 Å². The fourth-order valence-electron chi connectivity index (χ4n) is 1.47. The van der Waals surface area contributed by atoms with Gasteiger partial charge in [0.15, 0.2) is 0 Å². The molecule has 0 amide bonds. The van der Waals surface area contributed by atoms with Gasteiger partial charge in [-0.1, -0.05) is 17.0 Å². The largest absolute Gasteiger partial charge is 0.493 e. The van der Waals surface area contributed by atoms with Crippen molar-refractivity contribution in [2.45, 2.75) is 6.42 Å². The molecule has 1 aromatic rings. The van der Waals surface area contributed by atoms with E-state index in [0.717, 1.165) is 24.3 Å². The highest BCUT2D eigenvalue weighted by Gasteiger charge is 2.10. The van der Waals surface area contributed by atoms with Crippen molar-refractivity contribution in [1.29, 1.82) is 0 Å². The summed E-state index contributed by atoms with van der Waals surface area (Å²) in [6.45, 7) is 0.967. The second-order valence-corrected chi connectivity index (χ2v) is 3.11. The third-order valence-corrected chi connectivity index (χ3v) is 2.14. The molecule has 0 aromatic heterocycles. The van der Waals surface area contributed by atoms with Crippen LogP contribution in [0.1, 0.15) is 11.1 Å². The van der Waals surface area contributed by atoms with Gasteiger partial charge in [0.05, 0.1) is 13.2 Å². The zero-order valence-electron chi connectivity index (χ0n) is 8.10. The van der Waals surface area contributed by atoms with Crippen molar-refractivity contribution in [3.8, 4) is 17.6 Å². The van der Waals surface area contributed by atoms with Gasteiger partial charge in [0.2, 0.25) is 0 Å². The number of nitrogens with zero attached hydrogens (tertiary/aromatic N) is 3. The summed E-state index contributed by atoms with van der Waals surface area (Å²) in [6.07, 6.45) is 0.946. The normalized spacial score (nSPS) is 11.7. The molecule has 0 radical (unpaired) electrons. The number of hydrogen-bond acceptors (Lipinski definition) is 2. The van der Waals surface area contributed by atoms with Crippen molar-refractivity contribution in [2.75, 3.05) is 13.2 Å². The average Bonchev–Trinajstić information content (AvgIpc) is 2.71. The van der Waals surface area contributed by atoms with Crippen molar-refractivity contribution in [1.82, 2.24) is 0 Å². The van der Waals surface area contributed by atoms with Gasteiger partial charge >= 0.3 is 0 Å². The fraction of sp³-hybridized carbons (Fsp3) is 0.273. The molecular weight excluding hydrogens is 190 g/mol. The van der Waals surface area contributed by atoms with Crippen molar-refractivity contribution in [3.05, 3.63) is 39.8 Å². The van der Waals surface area contributed by atoms with Crippen LogP contribution < -0.4 is 4.74 Å². The maximum Gasteiger partial charge on any atom is 0.122 e. The molecule has 0 atom stereocenters. The fourth-order valence-corrected chi connectivity index (χ4v) is 1.47. The quantitative estimate of drug-likeness (QED) is 0.296. The summed E-state index contributed by atoms with van der Waals surface area (Å²) in [4.78, 5) is 2.63. The summed E-state index contributed by atoms with van der Waals surface area (Å²) >= 11 is 0. The average molecular weight is 199 g/mol. The molecule has 2 rings (SSSR count). The number of hydrogen-bond donors (Lipinski definition) is 0. The van der Waals surface area contributed by atoms with Gasteiger partial charge in [0.25, 0.3) is 0 Å². The predicted molar refractivity (Wildman–Crippen MR) is 56.5 cm³/mol. The standard InChI is InChI=1S/C11H9N3O/c12-14-13-6-1-2-9-3-4-11-10(8-9)5-7-15-11/h3-4,8H,5-7H2. The Kier molecular flexibility index (Phi) is 2.77. The van der Waals surface area contributed by atoms with E-state index >= 15 is 0 Å². The minimum atomic E-state index is 0.212. The van der Waals surface area contributed by atoms with Crippen LogP contribution in [0, 0.1) is 11.8 Å². The maximum atomic E-state index is 8.06. The summed E-state index contributed by atoms with van der Waals surface area (Å²) in [5.74, 6) is 6.68. The summed E-state index contributed by atoms with van der Waals surface area (Å²) < 4.78 is 5.38. The van der Waals surface area contributed by atoms with Crippen LogP contribution in [0.15, 0.2) is 23.3 Å². The summed E-state index contributed by atoms with van der Waals surface area (Å²) in [5, 5.41) is 3.34. The Morgan fingerprint density at radius 2 is 2.47 bits per heavy atom. The van der Waals surface area contributed by atoms with E-state index < -0.39 is 0 Å². The molecule has 0 aliphatic carbocycles. The van der Waals surface area contributed by atoms with Gasteiger partial charge in [0.1, 0.15) is 5.75 Å². The van der Waals surface area contributed by atoms with Gasteiger partial charge in [-0.3, -0.25) is 0 Å². The zero-order valence-corrected chi connectivity index (χ0v) is 8.10. The van der Waals surface area contributed by atoms with E-state index in [2.05, 4.69) is 21.9 Å². The third kappa shape index (κ3) is 2.22. The molecule has 4 nitrogen and oxygen atoms in total. The van der Waals surface area contributed by atoms with Gasteiger partial charge in [-0.05, 0) is 29.3 Å². The number of rotatable bonds is 1. The second kappa shape index (κ2) is 4.41. The molecule has 0 saturated carbocycles. The second-order valence-electron chi connectivity index (χ2n) is 3.11. The molecule has 1 heterocycles. The molecule has 1 aromatic carbocycles. The lowest BCUT2D eigenvalue weighted by Crippen LogP contribution is -1.85. The molecular formula is C11H9N3O. The summed E-state index contributed by atoms with van der Waals surface area (Å²) in [6, 6.07) is 5.86. The smallest absolute Gasteiger partial charge is 0.122 e. The molecule has 15 heavy (non-hydrogen) atoms. The minimum Gasteiger partial charge on any atom is -0.493 e. The van der Waals surface area contributed by atoms with Crippen molar-refractivity contribution in [2.24, 2.45) is 5.11 Å². The lowest BCUT2D eigenvalue weighted by Gasteiger charge is -1.97. The molecule has 0 saturated heterocycles. The Hall–Kier alpha value is -2.11. The number of azide groups is 1. The Morgan fingerprint density at radius 1 is 1.53 bits per heavy atom. The first-order valence-electron chi connectivity index (χ1n) is 4.65. The van der Waals surface area contributed by atoms with Gasteiger partial charge in [-0.15, -0.1) is 0 Å². The third-order valence-electron chi connectivity index (χ3n) is 2.14. The van der Waals surface area contributed by atoms with E-state index in [1.54, 1.807) is 0 Å². The molecule has 1 aliphatic rings. The molecule has 0 N–H and O–H groups in total.